The van der Waals surface area contributed by atoms with Crippen LogP contribution in [0.4, 0.5) is 0 Å². The standard InChI is InChI=1S/C21H24N8.ClH/c1-16-6-8-17(9-7-16)14-28-21(23-24-26-28)15-27-12-10-18(11-13-27)29-20-5-3-2-4-19(20)22-25-29;/h2-9,18H,10-15H2,1H3;1H. The molecule has 4 aromatic rings. The molecule has 0 atom stereocenters. The summed E-state index contributed by atoms with van der Waals surface area (Å²) in [6, 6.07) is 17.1. The predicted molar refractivity (Wildman–Crippen MR) is 116 cm³/mol. The van der Waals surface area contributed by atoms with E-state index < -0.39 is 0 Å². The number of tetrazole rings is 1. The summed E-state index contributed by atoms with van der Waals surface area (Å²) in [6.45, 7) is 5.55. The van der Waals surface area contributed by atoms with Gasteiger partial charge in [0.2, 0.25) is 0 Å². The molecule has 0 amide bonds. The predicted octanol–water partition coefficient (Wildman–Crippen LogP) is 3.03. The monoisotopic (exact) mass is 424 g/mol. The van der Waals surface area contributed by atoms with Crippen molar-refractivity contribution in [3.8, 4) is 0 Å². The van der Waals surface area contributed by atoms with Crippen molar-refractivity contribution in [3.05, 3.63) is 65.5 Å². The maximum absolute atomic E-state index is 4.40. The van der Waals surface area contributed by atoms with Crippen LogP contribution in [-0.4, -0.2) is 53.2 Å². The number of para-hydroxylation sites is 1. The third kappa shape index (κ3) is 4.20. The van der Waals surface area contributed by atoms with Crippen molar-refractivity contribution in [2.24, 2.45) is 0 Å². The van der Waals surface area contributed by atoms with Gasteiger partial charge in [-0.15, -0.1) is 22.6 Å². The summed E-state index contributed by atoms with van der Waals surface area (Å²) in [5.74, 6) is 0.912. The number of nitrogens with zero attached hydrogens (tertiary/aromatic N) is 8. The van der Waals surface area contributed by atoms with E-state index in [1.54, 1.807) is 0 Å². The summed E-state index contributed by atoms with van der Waals surface area (Å²) in [4.78, 5) is 2.42. The minimum Gasteiger partial charge on any atom is -0.296 e. The molecule has 1 aliphatic heterocycles. The molecule has 1 fully saturated rings. The first kappa shape index (κ1) is 20.4. The van der Waals surface area contributed by atoms with Crippen LogP contribution in [0, 0.1) is 6.92 Å². The second-order valence-corrected chi connectivity index (χ2v) is 7.77. The van der Waals surface area contributed by atoms with Crippen molar-refractivity contribution < 1.29 is 0 Å². The maximum Gasteiger partial charge on any atom is 0.165 e. The van der Waals surface area contributed by atoms with Gasteiger partial charge in [-0.3, -0.25) is 4.90 Å². The fourth-order valence-corrected chi connectivity index (χ4v) is 4.00. The zero-order valence-electron chi connectivity index (χ0n) is 16.9. The Morgan fingerprint density at radius 1 is 0.900 bits per heavy atom. The number of fused-ring (bicyclic) bond motifs is 1. The lowest BCUT2D eigenvalue weighted by atomic mass is 10.0. The van der Waals surface area contributed by atoms with Crippen LogP contribution < -0.4 is 0 Å². The van der Waals surface area contributed by atoms with Gasteiger partial charge in [-0.2, -0.15) is 0 Å². The van der Waals surface area contributed by atoms with E-state index in [0.29, 0.717) is 12.6 Å². The van der Waals surface area contributed by atoms with E-state index in [1.165, 1.54) is 11.1 Å². The summed E-state index contributed by atoms with van der Waals surface area (Å²) in [5, 5.41) is 21.1. The molecule has 0 spiro atoms. The maximum atomic E-state index is 4.40. The van der Waals surface area contributed by atoms with Gasteiger partial charge in [0.05, 0.1) is 24.6 Å². The Hall–Kier alpha value is -2.84. The van der Waals surface area contributed by atoms with Gasteiger partial charge in [0.15, 0.2) is 5.82 Å². The molecule has 2 aromatic carbocycles. The van der Waals surface area contributed by atoms with Crippen molar-refractivity contribution in [2.45, 2.75) is 38.9 Å². The fraction of sp³-hybridized carbons (Fsp3) is 0.381. The van der Waals surface area contributed by atoms with Gasteiger partial charge < -0.3 is 0 Å². The SMILES string of the molecule is Cc1ccc(Cn2nnnc2CN2CCC(n3nnc4ccccc43)CC2)cc1.Cl. The van der Waals surface area contributed by atoms with Crippen molar-refractivity contribution in [1.29, 1.82) is 0 Å². The van der Waals surface area contributed by atoms with E-state index >= 15 is 0 Å². The van der Waals surface area contributed by atoms with Crippen LogP contribution in [0.5, 0.6) is 0 Å². The molecule has 5 rings (SSSR count). The van der Waals surface area contributed by atoms with Crippen LogP contribution in [0.1, 0.15) is 35.8 Å². The number of likely N-dealkylation sites (tertiary alicyclic amines) is 1. The van der Waals surface area contributed by atoms with E-state index in [2.05, 4.69) is 72.7 Å². The van der Waals surface area contributed by atoms with Crippen LogP contribution in [0.15, 0.2) is 48.5 Å². The van der Waals surface area contributed by atoms with Gasteiger partial charge in [-0.05, 0) is 47.9 Å². The smallest absolute Gasteiger partial charge is 0.165 e. The fourth-order valence-electron chi connectivity index (χ4n) is 4.00. The molecule has 8 nitrogen and oxygen atoms in total. The first-order chi connectivity index (χ1) is 14.3. The zero-order chi connectivity index (χ0) is 19.6. The number of benzene rings is 2. The molecule has 30 heavy (non-hydrogen) atoms. The van der Waals surface area contributed by atoms with Gasteiger partial charge in [0.1, 0.15) is 5.52 Å². The van der Waals surface area contributed by atoms with Crippen LogP contribution >= 0.6 is 12.4 Å². The summed E-state index contributed by atoms with van der Waals surface area (Å²) < 4.78 is 4.00. The Bertz CT molecular complexity index is 1100. The van der Waals surface area contributed by atoms with Crippen molar-refractivity contribution >= 4 is 23.4 Å². The lowest BCUT2D eigenvalue weighted by Crippen LogP contribution is -2.35. The second-order valence-electron chi connectivity index (χ2n) is 7.77. The van der Waals surface area contributed by atoms with E-state index in [-0.39, 0.29) is 12.4 Å². The Balaban J connectivity index is 0.00000218. The highest BCUT2D eigenvalue weighted by Gasteiger charge is 2.24. The van der Waals surface area contributed by atoms with Gasteiger partial charge >= 0.3 is 0 Å². The van der Waals surface area contributed by atoms with Gasteiger partial charge in [-0.25, -0.2) is 9.36 Å². The van der Waals surface area contributed by atoms with Crippen LogP contribution in [0.25, 0.3) is 11.0 Å². The third-order valence-electron chi connectivity index (χ3n) is 5.70. The van der Waals surface area contributed by atoms with E-state index in [1.807, 2.05) is 22.9 Å². The first-order valence-corrected chi connectivity index (χ1v) is 10.1. The number of hydrogen-bond acceptors (Lipinski definition) is 6. The molecule has 0 unspecified atom stereocenters. The second kappa shape index (κ2) is 8.89. The molecule has 1 saturated heterocycles. The van der Waals surface area contributed by atoms with E-state index in [0.717, 1.165) is 49.3 Å². The summed E-state index contributed by atoms with van der Waals surface area (Å²) in [6.07, 6.45) is 2.10. The summed E-state index contributed by atoms with van der Waals surface area (Å²) >= 11 is 0. The molecule has 0 radical (unpaired) electrons. The Morgan fingerprint density at radius 3 is 2.47 bits per heavy atom. The van der Waals surface area contributed by atoms with Crippen LogP contribution in [0.2, 0.25) is 0 Å². The Kier molecular flexibility index (Phi) is 6.06. The number of aromatic nitrogens is 7. The molecule has 3 heterocycles. The van der Waals surface area contributed by atoms with Crippen LogP contribution in [0.3, 0.4) is 0 Å². The van der Waals surface area contributed by atoms with Crippen molar-refractivity contribution in [1.82, 2.24) is 40.1 Å². The summed E-state index contributed by atoms with van der Waals surface area (Å²) in [7, 11) is 0. The highest BCUT2D eigenvalue weighted by atomic mass is 35.5. The molecule has 0 aliphatic carbocycles. The molecule has 156 valence electrons. The average molecular weight is 425 g/mol. The van der Waals surface area contributed by atoms with Crippen molar-refractivity contribution in [3.63, 3.8) is 0 Å². The topological polar surface area (TPSA) is 77.5 Å². The number of halogens is 1. The number of hydrogen-bond donors (Lipinski definition) is 0. The Morgan fingerprint density at radius 2 is 1.67 bits per heavy atom. The van der Waals surface area contributed by atoms with E-state index in [4.69, 9.17) is 0 Å². The summed E-state index contributed by atoms with van der Waals surface area (Å²) in [5.41, 5.74) is 4.55. The number of aryl methyl sites for hydroxylation is 1. The minimum absolute atomic E-state index is 0. The molecular formula is C21H25ClN8. The van der Waals surface area contributed by atoms with E-state index in [9.17, 15) is 0 Å². The van der Waals surface area contributed by atoms with Crippen LogP contribution in [-0.2, 0) is 13.1 Å². The molecule has 9 heteroatoms. The largest absolute Gasteiger partial charge is 0.296 e. The molecule has 0 N–H and O–H groups in total. The zero-order valence-corrected chi connectivity index (χ0v) is 17.7. The Labute approximate surface area is 181 Å². The molecule has 0 bridgehead atoms. The average Bonchev–Trinajstić information content (AvgIpc) is 3.37. The number of rotatable bonds is 5. The quantitative estimate of drug-likeness (QED) is 0.490. The molecule has 1 aliphatic rings. The number of piperidine rings is 1. The van der Waals surface area contributed by atoms with Crippen molar-refractivity contribution in [2.75, 3.05) is 13.1 Å². The molecule has 2 aromatic heterocycles. The van der Waals surface area contributed by atoms with Gasteiger partial charge in [0, 0.05) is 13.1 Å². The lowest BCUT2D eigenvalue weighted by Gasteiger charge is -2.31. The third-order valence-corrected chi connectivity index (χ3v) is 5.70. The van der Waals surface area contributed by atoms with Gasteiger partial charge in [-0.1, -0.05) is 47.2 Å². The van der Waals surface area contributed by atoms with Gasteiger partial charge in [0.25, 0.3) is 0 Å². The highest BCUT2D eigenvalue weighted by Crippen LogP contribution is 2.25. The minimum atomic E-state index is 0. The first-order valence-electron chi connectivity index (χ1n) is 10.1. The molecule has 0 saturated carbocycles. The lowest BCUT2D eigenvalue weighted by molar-refractivity contribution is 0.169. The normalized spacial score (nSPS) is 15.4. The molecular weight excluding hydrogens is 400 g/mol. The highest BCUT2D eigenvalue weighted by molar-refractivity contribution is 5.85.